The largest absolute Gasteiger partial charge is 0.408 e. The van der Waals surface area contributed by atoms with Crippen molar-refractivity contribution in [1.82, 2.24) is 24.6 Å². The van der Waals surface area contributed by atoms with Crippen LogP contribution in [-0.2, 0) is 4.79 Å². The van der Waals surface area contributed by atoms with Crippen LogP contribution >= 0.6 is 12.4 Å². The highest BCUT2D eigenvalue weighted by atomic mass is 35.5. The minimum atomic E-state index is -4.58. The van der Waals surface area contributed by atoms with Crippen LogP contribution in [0.1, 0.15) is 47.8 Å². The molecule has 0 spiro atoms. The van der Waals surface area contributed by atoms with Crippen molar-refractivity contribution < 1.29 is 31.5 Å². The second kappa shape index (κ2) is 10.0. The minimum Gasteiger partial charge on any atom is -0.384 e. The highest BCUT2D eigenvalue weighted by Crippen LogP contribution is 2.37. The molecular weight excluding hydrogens is 535 g/mol. The molecule has 38 heavy (non-hydrogen) atoms. The van der Waals surface area contributed by atoms with Crippen LogP contribution in [0.3, 0.4) is 0 Å². The summed E-state index contributed by atoms with van der Waals surface area (Å²) in [6, 6.07) is 1.49. The molecule has 2 saturated heterocycles. The molecular formula is C24H24ClF5N6O2. The number of benzene rings is 1. The van der Waals surface area contributed by atoms with Crippen molar-refractivity contribution in [3.8, 4) is 0 Å². The molecule has 1 unspecified atom stereocenters. The Hall–Kier alpha value is -3.48. The highest BCUT2D eigenvalue weighted by Gasteiger charge is 2.49. The van der Waals surface area contributed by atoms with Crippen LogP contribution in [0.15, 0.2) is 30.5 Å². The molecule has 2 aliphatic rings. The predicted molar refractivity (Wildman–Crippen MR) is 130 cm³/mol. The molecule has 0 bridgehead atoms. The molecule has 2 fully saturated rings. The number of halogens is 6. The first-order valence-corrected chi connectivity index (χ1v) is 11.7. The van der Waals surface area contributed by atoms with Gasteiger partial charge in [0, 0.05) is 49.4 Å². The fraction of sp³-hybridized carbons (Fsp3) is 0.417. The van der Waals surface area contributed by atoms with Crippen molar-refractivity contribution in [3.63, 3.8) is 0 Å². The number of nitrogens with zero attached hydrogens (tertiary/aromatic N) is 5. The number of carbonyl (C=O) groups is 2. The normalized spacial score (nSPS) is 18.8. The van der Waals surface area contributed by atoms with E-state index in [2.05, 4.69) is 10.1 Å². The average Bonchev–Trinajstić information content (AvgIpc) is 3.43. The van der Waals surface area contributed by atoms with Gasteiger partial charge in [0.25, 0.3) is 5.91 Å². The van der Waals surface area contributed by atoms with E-state index in [0.29, 0.717) is 11.6 Å². The van der Waals surface area contributed by atoms with E-state index in [9.17, 15) is 31.5 Å². The lowest BCUT2D eigenvalue weighted by Crippen LogP contribution is -2.48. The molecule has 2 atom stereocenters. The fourth-order valence-electron chi connectivity index (χ4n) is 5.09. The minimum absolute atomic E-state index is 0. The zero-order valence-electron chi connectivity index (χ0n) is 20.1. The van der Waals surface area contributed by atoms with Crippen LogP contribution in [0.2, 0.25) is 0 Å². The van der Waals surface area contributed by atoms with Crippen molar-refractivity contribution >= 4 is 40.9 Å². The molecule has 2 N–H and O–H groups in total. The molecule has 14 heteroatoms. The Bertz CT molecular complexity index is 1390. The Morgan fingerprint density at radius 3 is 2.53 bits per heavy atom. The van der Waals surface area contributed by atoms with Crippen LogP contribution in [-0.4, -0.2) is 68.2 Å². The van der Waals surface area contributed by atoms with Gasteiger partial charge in [0.1, 0.15) is 29.5 Å². The molecule has 1 aromatic carbocycles. The number of nitrogens with two attached hydrogens (primary N) is 1. The lowest BCUT2D eigenvalue weighted by atomic mass is 9.93. The summed E-state index contributed by atoms with van der Waals surface area (Å²) in [6.45, 7) is 1.64. The topological polar surface area (TPSA) is 97.4 Å². The van der Waals surface area contributed by atoms with Gasteiger partial charge in [-0.25, -0.2) is 13.8 Å². The SMILES string of the molecule is CC(C(=O)N1CCC[C@H]1C(F)(F)F)n1nc(C2CN(C(=O)c3ccnc(N)c3)C2)c2c(F)cc(F)cc21.Cl. The van der Waals surface area contributed by atoms with Crippen LogP contribution < -0.4 is 5.73 Å². The highest BCUT2D eigenvalue weighted by molar-refractivity contribution is 5.95. The number of anilines is 1. The van der Waals surface area contributed by atoms with Gasteiger partial charge in [0.05, 0.1) is 16.6 Å². The summed E-state index contributed by atoms with van der Waals surface area (Å²) in [7, 11) is 0. The van der Waals surface area contributed by atoms with Crippen molar-refractivity contribution in [1.29, 1.82) is 0 Å². The Kier molecular flexibility index (Phi) is 7.26. The number of pyridine rings is 1. The van der Waals surface area contributed by atoms with E-state index in [1.165, 1.54) is 30.2 Å². The number of alkyl halides is 3. The van der Waals surface area contributed by atoms with Crippen LogP contribution in [0.5, 0.6) is 0 Å². The average molecular weight is 559 g/mol. The van der Waals surface area contributed by atoms with E-state index >= 15 is 0 Å². The Morgan fingerprint density at radius 1 is 1.16 bits per heavy atom. The maximum Gasteiger partial charge on any atom is 0.408 e. The van der Waals surface area contributed by atoms with Gasteiger partial charge in [0.2, 0.25) is 5.91 Å². The maximum atomic E-state index is 15.0. The first kappa shape index (κ1) is 27.6. The van der Waals surface area contributed by atoms with Gasteiger partial charge in [-0.1, -0.05) is 0 Å². The van der Waals surface area contributed by atoms with Gasteiger partial charge in [-0.3, -0.25) is 14.3 Å². The van der Waals surface area contributed by atoms with Crippen LogP contribution in [0, 0.1) is 11.6 Å². The van der Waals surface area contributed by atoms with E-state index in [0.717, 1.165) is 15.6 Å². The first-order chi connectivity index (χ1) is 17.5. The Balaban J connectivity index is 0.00000336. The Labute approximate surface area is 220 Å². The van der Waals surface area contributed by atoms with Crippen molar-refractivity contribution in [2.45, 2.75) is 43.9 Å². The quantitative estimate of drug-likeness (QED) is 0.487. The fourth-order valence-corrected chi connectivity index (χ4v) is 5.09. The molecule has 0 radical (unpaired) electrons. The smallest absolute Gasteiger partial charge is 0.384 e. The van der Waals surface area contributed by atoms with Gasteiger partial charge in [-0.05, 0) is 31.9 Å². The number of carbonyl (C=O) groups excluding carboxylic acids is 2. The number of rotatable bonds is 4. The van der Waals surface area contributed by atoms with Gasteiger partial charge in [0.15, 0.2) is 0 Å². The predicted octanol–water partition coefficient (Wildman–Crippen LogP) is 4.07. The summed E-state index contributed by atoms with van der Waals surface area (Å²) in [5, 5.41) is 4.36. The summed E-state index contributed by atoms with van der Waals surface area (Å²) in [6.07, 6.45) is -3.18. The van der Waals surface area contributed by atoms with Crippen molar-refractivity contribution in [2.75, 3.05) is 25.4 Å². The molecule has 8 nitrogen and oxygen atoms in total. The zero-order chi connectivity index (χ0) is 26.6. The molecule has 0 saturated carbocycles. The molecule has 2 amide bonds. The maximum absolute atomic E-state index is 15.0. The molecule has 2 aliphatic heterocycles. The second-order valence-electron chi connectivity index (χ2n) is 9.40. The first-order valence-electron chi connectivity index (χ1n) is 11.7. The third-order valence-corrected chi connectivity index (χ3v) is 6.97. The number of aromatic nitrogens is 3. The number of nitrogen functional groups attached to an aromatic ring is 1. The second-order valence-corrected chi connectivity index (χ2v) is 9.40. The van der Waals surface area contributed by atoms with E-state index in [-0.39, 0.29) is 73.2 Å². The van der Waals surface area contributed by atoms with E-state index < -0.39 is 41.7 Å². The number of likely N-dealkylation sites (tertiary alicyclic amines) is 2. The van der Waals surface area contributed by atoms with E-state index in [4.69, 9.17) is 5.73 Å². The van der Waals surface area contributed by atoms with Crippen molar-refractivity contribution in [2.24, 2.45) is 0 Å². The molecule has 2 aromatic heterocycles. The van der Waals surface area contributed by atoms with Gasteiger partial charge in [-0.15, -0.1) is 12.4 Å². The lowest BCUT2D eigenvalue weighted by Gasteiger charge is -2.38. The number of amides is 2. The lowest BCUT2D eigenvalue weighted by molar-refractivity contribution is -0.184. The molecule has 3 aromatic rings. The molecule has 5 rings (SSSR count). The molecule has 0 aliphatic carbocycles. The van der Waals surface area contributed by atoms with Gasteiger partial charge >= 0.3 is 6.18 Å². The molecule has 204 valence electrons. The van der Waals surface area contributed by atoms with Crippen LogP contribution in [0.4, 0.5) is 27.8 Å². The van der Waals surface area contributed by atoms with E-state index in [1.54, 1.807) is 0 Å². The van der Waals surface area contributed by atoms with Gasteiger partial charge in [-0.2, -0.15) is 18.3 Å². The Morgan fingerprint density at radius 2 is 1.87 bits per heavy atom. The monoisotopic (exact) mass is 558 g/mol. The summed E-state index contributed by atoms with van der Waals surface area (Å²) >= 11 is 0. The number of hydrogen-bond acceptors (Lipinski definition) is 5. The summed E-state index contributed by atoms with van der Waals surface area (Å²) in [5.41, 5.74) is 6.14. The number of fused-ring (bicyclic) bond motifs is 1. The third kappa shape index (κ3) is 4.74. The van der Waals surface area contributed by atoms with E-state index in [1.807, 2.05) is 0 Å². The molecule has 4 heterocycles. The third-order valence-electron chi connectivity index (χ3n) is 6.97. The standard InChI is InChI=1S/C24H23F5N6O2.ClH/c1-12(22(36)34-6-2-3-18(34)24(27,28)29)35-17-9-15(25)8-16(26)20(17)21(32-35)14-10-33(11-14)23(37)13-4-5-31-19(30)7-13;/h4-5,7-9,12,14,18H,2-3,6,10-11H2,1H3,(H2,30,31);1H/t12?,18-;/m0./s1. The summed E-state index contributed by atoms with van der Waals surface area (Å²) in [5.74, 6) is -3.20. The van der Waals surface area contributed by atoms with Crippen LogP contribution in [0.25, 0.3) is 10.9 Å². The van der Waals surface area contributed by atoms with Gasteiger partial charge < -0.3 is 15.5 Å². The summed E-state index contributed by atoms with van der Waals surface area (Å²) in [4.78, 5) is 32.0. The zero-order valence-corrected chi connectivity index (χ0v) is 20.9. The van der Waals surface area contributed by atoms with Crippen molar-refractivity contribution in [3.05, 3.63) is 53.4 Å². The summed E-state index contributed by atoms with van der Waals surface area (Å²) < 4.78 is 70.5. The number of hydrogen-bond donors (Lipinski definition) is 1.